The molecule has 0 saturated carbocycles. The number of hydrogen-bond acceptors (Lipinski definition) is 7. The standard InChI is InChI=1S/C28H22N2O6/c1-2-35-23(31)14-17-9-11-20(12-10-17)30-25(19-7-5-13-29-16-19)24(27(33)28(30)34)26(32)22-15-18-6-3-4-8-21(18)36-22/h3-13,15-16,25,33H,2,14H2,1H3. The molecule has 8 nitrogen and oxygen atoms in total. The topological polar surface area (TPSA) is 110 Å². The van der Waals surface area contributed by atoms with E-state index < -0.39 is 23.5 Å². The van der Waals surface area contributed by atoms with E-state index in [1.165, 1.54) is 4.90 Å². The molecule has 1 aliphatic rings. The fourth-order valence-corrected chi connectivity index (χ4v) is 4.34. The Kier molecular flexibility index (Phi) is 6.08. The van der Waals surface area contributed by atoms with Gasteiger partial charge in [-0.3, -0.25) is 24.3 Å². The number of pyridine rings is 1. The number of fused-ring (bicyclic) bond motifs is 1. The number of aliphatic hydroxyl groups is 1. The van der Waals surface area contributed by atoms with Crippen LogP contribution < -0.4 is 4.90 Å². The van der Waals surface area contributed by atoms with Crippen molar-refractivity contribution in [2.75, 3.05) is 11.5 Å². The Morgan fingerprint density at radius 3 is 2.56 bits per heavy atom. The molecule has 1 atom stereocenters. The van der Waals surface area contributed by atoms with E-state index in [4.69, 9.17) is 9.15 Å². The number of ketones is 1. The second-order valence-corrected chi connectivity index (χ2v) is 8.25. The molecule has 3 heterocycles. The van der Waals surface area contributed by atoms with Crippen LogP contribution in [0.2, 0.25) is 0 Å². The highest BCUT2D eigenvalue weighted by Gasteiger charge is 2.45. The van der Waals surface area contributed by atoms with Crippen molar-refractivity contribution in [1.29, 1.82) is 0 Å². The first-order valence-electron chi connectivity index (χ1n) is 11.4. The lowest BCUT2D eigenvalue weighted by Crippen LogP contribution is -2.31. The quantitative estimate of drug-likeness (QED) is 0.300. The van der Waals surface area contributed by atoms with Crippen molar-refractivity contribution in [3.63, 3.8) is 0 Å². The molecule has 180 valence electrons. The summed E-state index contributed by atoms with van der Waals surface area (Å²) in [5, 5.41) is 11.6. The Hall–Kier alpha value is -4.72. The molecular formula is C28H22N2O6. The second kappa shape index (κ2) is 9.50. The van der Waals surface area contributed by atoms with Crippen molar-refractivity contribution in [1.82, 2.24) is 4.98 Å². The molecule has 8 heteroatoms. The number of benzene rings is 2. The van der Waals surface area contributed by atoms with Crippen LogP contribution in [-0.2, 0) is 20.7 Å². The lowest BCUT2D eigenvalue weighted by molar-refractivity contribution is -0.142. The van der Waals surface area contributed by atoms with Crippen molar-refractivity contribution < 1.29 is 28.6 Å². The van der Waals surface area contributed by atoms with Gasteiger partial charge in [0.2, 0.25) is 5.78 Å². The molecule has 1 unspecified atom stereocenters. The highest BCUT2D eigenvalue weighted by Crippen LogP contribution is 2.42. The number of nitrogens with zero attached hydrogens (tertiary/aromatic N) is 2. The van der Waals surface area contributed by atoms with E-state index in [0.717, 1.165) is 5.39 Å². The van der Waals surface area contributed by atoms with Gasteiger partial charge in [0.15, 0.2) is 11.5 Å². The largest absolute Gasteiger partial charge is 0.503 e. The summed E-state index contributed by atoms with van der Waals surface area (Å²) in [7, 11) is 0. The first kappa shape index (κ1) is 23.0. The van der Waals surface area contributed by atoms with E-state index in [9.17, 15) is 19.5 Å². The number of Topliss-reactive ketones (excluding diaryl/α,β-unsaturated/α-hetero) is 1. The number of aliphatic hydroxyl groups excluding tert-OH is 1. The summed E-state index contributed by atoms with van der Waals surface area (Å²) in [6, 6.07) is 18.0. The van der Waals surface area contributed by atoms with Crippen molar-refractivity contribution in [3.05, 3.63) is 107 Å². The monoisotopic (exact) mass is 482 g/mol. The number of hydrogen-bond donors (Lipinski definition) is 1. The third-order valence-corrected chi connectivity index (χ3v) is 5.97. The van der Waals surface area contributed by atoms with Gasteiger partial charge >= 0.3 is 5.97 Å². The van der Waals surface area contributed by atoms with Gasteiger partial charge in [-0.2, -0.15) is 0 Å². The van der Waals surface area contributed by atoms with Crippen LogP contribution in [0.3, 0.4) is 0 Å². The van der Waals surface area contributed by atoms with Crippen molar-refractivity contribution in [2.24, 2.45) is 0 Å². The van der Waals surface area contributed by atoms with Gasteiger partial charge in [0.05, 0.1) is 24.6 Å². The molecule has 1 N–H and O–H groups in total. The SMILES string of the molecule is CCOC(=O)Cc1ccc(N2C(=O)C(O)=C(C(=O)c3cc4ccccc4o3)C2c2cccnc2)cc1. The van der Waals surface area contributed by atoms with Crippen LogP contribution >= 0.6 is 0 Å². The van der Waals surface area contributed by atoms with Gasteiger partial charge in [-0.25, -0.2) is 0 Å². The minimum Gasteiger partial charge on any atom is -0.503 e. The van der Waals surface area contributed by atoms with Gasteiger partial charge in [0.1, 0.15) is 5.58 Å². The van der Waals surface area contributed by atoms with E-state index in [1.807, 2.05) is 12.1 Å². The zero-order chi connectivity index (χ0) is 25.2. The number of esters is 1. The van der Waals surface area contributed by atoms with Crippen molar-refractivity contribution in [2.45, 2.75) is 19.4 Å². The van der Waals surface area contributed by atoms with Gasteiger partial charge in [0, 0.05) is 23.5 Å². The lowest BCUT2D eigenvalue weighted by Gasteiger charge is -2.26. The Morgan fingerprint density at radius 1 is 1.08 bits per heavy atom. The number of ether oxygens (including phenoxy) is 1. The summed E-state index contributed by atoms with van der Waals surface area (Å²) >= 11 is 0. The number of anilines is 1. The minimum absolute atomic E-state index is 0.0195. The third kappa shape index (κ3) is 4.13. The van der Waals surface area contributed by atoms with E-state index in [0.29, 0.717) is 29.0 Å². The predicted molar refractivity (Wildman–Crippen MR) is 131 cm³/mol. The number of furan rings is 1. The summed E-state index contributed by atoms with van der Waals surface area (Å²) in [6.45, 7) is 2.03. The van der Waals surface area contributed by atoms with Crippen LogP contribution in [0, 0.1) is 0 Å². The number of carbonyl (C=O) groups is 3. The molecule has 2 aromatic carbocycles. The molecule has 0 radical (unpaired) electrons. The number of aromatic nitrogens is 1. The highest BCUT2D eigenvalue weighted by molar-refractivity contribution is 6.20. The maximum Gasteiger partial charge on any atom is 0.310 e. The zero-order valence-corrected chi connectivity index (χ0v) is 19.4. The molecule has 36 heavy (non-hydrogen) atoms. The molecule has 0 saturated heterocycles. The van der Waals surface area contributed by atoms with Crippen LogP contribution in [0.5, 0.6) is 0 Å². The van der Waals surface area contributed by atoms with Crippen LogP contribution in [0.4, 0.5) is 5.69 Å². The molecular weight excluding hydrogens is 460 g/mol. The smallest absolute Gasteiger partial charge is 0.310 e. The molecule has 0 fully saturated rings. The summed E-state index contributed by atoms with van der Waals surface area (Å²) in [6.07, 6.45) is 3.22. The second-order valence-electron chi connectivity index (χ2n) is 8.25. The maximum absolute atomic E-state index is 13.6. The van der Waals surface area contributed by atoms with Gasteiger partial charge in [-0.1, -0.05) is 36.4 Å². The lowest BCUT2D eigenvalue weighted by atomic mass is 9.95. The van der Waals surface area contributed by atoms with Gasteiger partial charge in [-0.05, 0) is 48.4 Å². The Morgan fingerprint density at radius 2 is 1.86 bits per heavy atom. The minimum atomic E-state index is -0.928. The predicted octanol–water partition coefficient (Wildman–Crippen LogP) is 4.72. The number of amides is 1. The molecule has 5 rings (SSSR count). The van der Waals surface area contributed by atoms with Gasteiger partial charge in [-0.15, -0.1) is 0 Å². The molecule has 0 spiro atoms. The molecule has 1 amide bonds. The molecule has 4 aromatic rings. The van der Waals surface area contributed by atoms with Gasteiger partial charge < -0.3 is 14.3 Å². The van der Waals surface area contributed by atoms with Crippen LogP contribution in [0.15, 0.2) is 94.9 Å². The van der Waals surface area contributed by atoms with Gasteiger partial charge in [0.25, 0.3) is 5.91 Å². The molecule has 0 bridgehead atoms. The maximum atomic E-state index is 13.6. The molecule has 2 aromatic heterocycles. The van der Waals surface area contributed by atoms with Crippen molar-refractivity contribution in [3.8, 4) is 0 Å². The Bertz CT molecular complexity index is 1450. The summed E-state index contributed by atoms with van der Waals surface area (Å²) in [4.78, 5) is 44.2. The first-order valence-corrected chi connectivity index (χ1v) is 11.4. The van der Waals surface area contributed by atoms with E-state index in [1.54, 1.807) is 73.9 Å². The normalized spacial score (nSPS) is 15.5. The third-order valence-electron chi connectivity index (χ3n) is 5.97. The number of rotatable bonds is 7. The summed E-state index contributed by atoms with van der Waals surface area (Å²) in [5.41, 5.74) is 2.13. The number of carbonyl (C=O) groups excluding carboxylic acids is 3. The Labute approximate surface area is 206 Å². The summed E-state index contributed by atoms with van der Waals surface area (Å²) in [5.74, 6) is -2.29. The fourth-order valence-electron chi connectivity index (χ4n) is 4.34. The van der Waals surface area contributed by atoms with Crippen LogP contribution in [0.25, 0.3) is 11.0 Å². The average molecular weight is 482 g/mol. The summed E-state index contributed by atoms with van der Waals surface area (Å²) < 4.78 is 10.7. The molecule has 1 aliphatic heterocycles. The fraction of sp³-hybridized carbons (Fsp3) is 0.143. The average Bonchev–Trinajstić information content (AvgIpc) is 3.44. The first-order chi connectivity index (χ1) is 17.5. The van der Waals surface area contributed by atoms with E-state index in [2.05, 4.69) is 4.98 Å². The van der Waals surface area contributed by atoms with Crippen LogP contribution in [0.1, 0.15) is 34.6 Å². The van der Waals surface area contributed by atoms with Crippen LogP contribution in [-0.4, -0.2) is 34.4 Å². The van der Waals surface area contributed by atoms with Crippen molar-refractivity contribution >= 4 is 34.3 Å². The Balaban J connectivity index is 1.54. The van der Waals surface area contributed by atoms with E-state index in [-0.39, 0.29) is 23.7 Å². The zero-order valence-electron chi connectivity index (χ0n) is 19.4. The number of para-hydroxylation sites is 1. The highest BCUT2D eigenvalue weighted by atomic mass is 16.5. The van der Waals surface area contributed by atoms with E-state index >= 15 is 0 Å². The molecule has 0 aliphatic carbocycles.